The van der Waals surface area contributed by atoms with Gasteiger partial charge in [0.05, 0.1) is 29.8 Å². The van der Waals surface area contributed by atoms with Crippen LogP contribution in [0.2, 0.25) is 0 Å². The normalized spacial score (nSPS) is 19.9. The maximum absolute atomic E-state index is 15.1. The van der Waals surface area contributed by atoms with Gasteiger partial charge in [0.25, 0.3) is 0 Å². The average Bonchev–Trinajstić information content (AvgIpc) is 3.52. The molecule has 7 nitrogen and oxygen atoms in total. The molecule has 5 heterocycles. The molecule has 2 aliphatic rings. The number of hydrogen-bond acceptors (Lipinski definition) is 7. The highest BCUT2D eigenvalue weighted by Crippen LogP contribution is 2.38. The first-order valence-electron chi connectivity index (χ1n) is 11.3. The number of rotatable bonds is 4. The summed E-state index contributed by atoms with van der Waals surface area (Å²) in [7, 11) is 2.09. The van der Waals surface area contributed by atoms with Gasteiger partial charge in [0.1, 0.15) is 11.8 Å². The summed E-state index contributed by atoms with van der Waals surface area (Å²) in [6.45, 7) is 3.32. The number of hydrogen-bond donors (Lipinski definition) is 0. The molecule has 35 heavy (non-hydrogen) atoms. The molecule has 0 amide bonds. The van der Waals surface area contributed by atoms with Gasteiger partial charge in [-0.15, -0.1) is 0 Å². The Kier molecular flexibility index (Phi) is 5.39. The van der Waals surface area contributed by atoms with Crippen LogP contribution in [0.4, 0.5) is 14.5 Å². The van der Waals surface area contributed by atoms with Crippen LogP contribution >= 0.6 is 11.9 Å². The molecule has 2 saturated heterocycles. The van der Waals surface area contributed by atoms with Crippen molar-refractivity contribution in [2.45, 2.75) is 4.90 Å². The van der Waals surface area contributed by atoms with Crippen molar-refractivity contribution < 1.29 is 8.78 Å². The lowest BCUT2D eigenvalue weighted by Crippen LogP contribution is -2.28. The van der Waals surface area contributed by atoms with Crippen LogP contribution < -0.4 is 4.90 Å². The van der Waals surface area contributed by atoms with E-state index in [1.54, 1.807) is 12.4 Å². The molecule has 2 aliphatic heterocycles. The summed E-state index contributed by atoms with van der Waals surface area (Å²) in [6, 6.07) is 6.66. The van der Waals surface area contributed by atoms with Crippen molar-refractivity contribution in [1.82, 2.24) is 23.8 Å². The van der Waals surface area contributed by atoms with Gasteiger partial charge >= 0.3 is 0 Å². The number of aromatic nitrogens is 4. The number of nitrogens with zero attached hydrogens (tertiary/aromatic N) is 7. The van der Waals surface area contributed by atoms with Crippen molar-refractivity contribution in [1.29, 1.82) is 5.26 Å². The predicted octanol–water partition coefficient (Wildman–Crippen LogP) is 4.20. The zero-order valence-corrected chi connectivity index (χ0v) is 19.7. The van der Waals surface area contributed by atoms with Crippen LogP contribution in [-0.2, 0) is 0 Å². The van der Waals surface area contributed by atoms with Crippen molar-refractivity contribution in [3.8, 4) is 17.3 Å². The summed E-state index contributed by atoms with van der Waals surface area (Å²) in [6.07, 6.45) is 8.17. The Morgan fingerprint density at radius 2 is 1.74 bits per heavy atom. The average molecular weight is 490 g/mol. The zero-order chi connectivity index (χ0) is 24.1. The maximum atomic E-state index is 15.1. The first-order valence-corrected chi connectivity index (χ1v) is 12.1. The van der Waals surface area contributed by atoms with Crippen LogP contribution in [-0.4, -0.2) is 57.1 Å². The summed E-state index contributed by atoms with van der Waals surface area (Å²) < 4.78 is 32.1. The van der Waals surface area contributed by atoms with E-state index in [1.807, 2.05) is 27.2 Å². The Bertz CT molecular complexity index is 1430. The third-order valence-electron chi connectivity index (χ3n) is 6.80. The third kappa shape index (κ3) is 3.90. The topological polar surface area (TPSA) is 73.9 Å². The molecule has 0 aliphatic carbocycles. The quantitative estimate of drug-likeness (QED) is 0.425. The van der Waals surface area contributed by atoms with E-state index in [4.69, 9.17) is 5.26 Å². The highest BCUT2D eigenvalue weighted by molar-refractivity contribution is 7.98. The molecule has 176 valence electrons. The first kappa shape index (κ1) is 21.9. The van der Waals surface area contributed by atoms with Gasteiger partial charge in [-0.3, -0.25) is 13.9 Å². The molecule has 4 aromatic rings. The van der Waals surface area contributed by atoms with E-state index in [2.05, 4.69) is 26.9 Å². The van der Waals surface area contributed by atoms with Gasteiger partial charge < -0.3 is 9.80 Å². The SMILES string of the molecule is CN1CC2CN(c3c(F)cc(Sn4ccc5c(-c6cnc(C#N)cn6)cncc54)cc3F)CC2C1. The summed E-state index contributed by atoms with van der Waals surface area (Å²) >= 11 is 1.22. The van der Waals surface area contributed by atoms with E-state index >= 15 is 8.78 Å². The van der Waals surface area contributed by atoms with Crippen LogP contribution in [0.5, 0.6) is 0 Å². The van der Waals surface area contributed by atoms with Crippen molar-refractivity contribution in [2.75, 3.05) is 38.1 Å². The van der Waals surface area contributed by atoms with Gasteiger partial charge in [-0.25, -0.2) is 13.8 Å². The molecule has 6 rings (SSSR count). The van der Waals surface area contributed by atoms with E-state index in [9.17, 15) is 0 Å². The second-order valence-electron chi connectivity index (χ2n) is 9.13. The largest absolute Gasteiger partial charge is 0.366 e. The number of benzene rings is 1. The molecule has 0 bridgehead atoms. The summed E-state index contributed by atoms with van der Waals surface area (Å²) in [5.74, 6) is -0.156. The lowest BCUT2D eigenvalue weighted by atomic mass is 10.0. The molecule has 0 spiro atoms. The molecule has 1 aromatic carbocycles. The second-order valence-corrected chi connectivity index (χ2v) is 10.2. The van der Waals surface area contributed by atoms with E-state index in [0.29, 0.717) is 35.5 Å². The molecule has 0 N–H and O–H groups in total. The Balaban J connectivity index is 1.27. The van der Waals surface area contributed by atoms with Crippen molar-refractivity contribution in [2.24, 2.45) is 11.8 Å². The fourth-order valence-corrected chi connectivity index (χ4v) is 6.17. The van der Waals surface area contributed by atoms with Crippen LogP contribution in [0.25, 0.3) is 22.2 Å². The van der Waals surface area contributed by atoms with Gasteiger partial charge in [0.15, 0.2) is 17.3 Å². The minimum atomic E-state index is -0.538. The standard InChI is InChI=1S/C25H21F2N7S/c1-32-11-15-13-33(14-16(15)12-32)25-21(26)4-18(5-22(25)27)35-34-3-2-19-20(8-29-10-24(19)34)23-9-30-17(6-28)7-31-23/h2-5,7-10,15-16H,11-14H2,1H3. The van der Waals surface area contributed by atoms with E-state index in [-0.39, 0.29) is 11.4 Å². The summed E-state index contributed by atoms with van der Waals surface area (Å²) in [5, 5.41) is 9.82. The number of nitriles is 1. The number of halogens is 2. The van der Waals surface area contributed by atoms with Crippen molar-refractivity contribution in [3.63, 3.8) is 0 Å². The van der Waals surface area contributed by atoms with Crippen molar-refractivity contribution in [3.05, 3.63) is 66.5 Å². The summed E-state index contributed by atoms with van der Waals surface area (Å²) in [5.41, 5.74) is 2.44. The van der Waals surface area contributed by atoms with Gasteiger partial charge in [-0.05, 0) is 49.0 Å². The van der Waals surface area contributed by atoms with Gasteiger partial charge in [0.2, 0.25) is 0 Å². The molecular formula is C25H21F2N7S. The highest BCUT2D eigenvalue weighted by Gasteiger charge is 2.40. The van der Waals surface area contributed by atoms with Crippen LogP contribution in [0, 0.1) is 34.8 Å². The number of likely N-dealkylation sites (tertiary alicyclic amines) is 1. The van der Waals surface area contributed by atoms with Crippen LogP contribution in [0.15, 0.2) is 54.1 Å². The zero-order valence-electron chi connectivity index (χ0n) is 18.9. The lowest BCUT2D eigenvalue weighted by molar-refractivity contribution is 0.386. The van der Waals surface area contributed by atoms with Gasteiger partial charge in [-0.1, -0.05) is 0 Å². The Labute approximate surface area is 205 Å². The van der Waals surface area contributed by atoms with E-state index < -0.39 is 11.6 Å². The van der Waals surface area contributed by atoms with Crippen LogP contribution in [0.3, 0.4) is 0 Å². The smallest absolute Gasteiger partial charge is 0.158 e. The molecule has 0 radical (unpaired) electrons. The monoisotopic (exact) mass is 489 g/mol. The predicted molar refractivity (Wildman–Crippen MR) is 130 cm³/mol. The molecule has 3 aromatic heterocycles. The minimum absolute atomic E-state index is 0.0760. The molecule has 10 heteroatoms. The van der Waals surface area contributed by atoms with Gasteiger partial charge in [0, 0.05) is 54.4 Å². The van der Waals surface area contributed by atoms with E-state index in [0.717, 1.165) is 29.6 Å². The van der Waals surface area contributed by atoms with Crippen molar-refractivity contribution >= 4 is 28.5 Å². The highest BCUT2D eigenvalue weighted by atomic mass is 32.2. The Hall–Kier alpha value is -3.55. The molecular weight excluding hydrogens is 468 g/mol. The fraction of sp³-hybridized carbons (Fsp3) is 0.280. The Morgan fingerprint density at radius 1 is 1.00 bits per heavy atom. The third-order valence-corrected chi connectivity index (χ3v) is 7.76. The molecule has 2 unspecified atom stereocenters. The number of pyridine rings is 1. The Morgan fingerprint density at radius 3 is 2.40 bits per heavy atom. The molecule has 0 saturated carbocycles. The molecule has 2 atom stereocenters. The summed E-state index contributed by atoms with van der Waals surface area (Å²) in [4.78, 5) is 17.3. The maximum Gasteiger partial charge on any atom is 0.158 e. The van der Waals surface area contributed by atoms with Crippen LogP contribution in [0.1, 0.15) is 5.69 Å². The fourth-order valence-electron chi connectivity index (χ4n) is 5.26. The van der Waals surface area contributed by atoms with E-state index in [1.165, 1.54) is 36.5 Å². The van der Waals surface area contributed by atoms with Gasteiger partial charge in [-0.2, -0.15) is 5.26 Å². The first-order chi connectivity index (χ1) is 17.0. The molecule has 2 fully saturated rings. The minimum Gasteiger partial charge on any atom is -0.366 e. The lowest BCUT2D eigenvalue weighted by Gasteiger charge is -2.22. The number of fused-ring (bicyclic) bond motifs is 2. The number of anilines is 1. The second kappa shape index (κ2) is 8.59.